The first-order valence-electron chi connectivity index (χ1n) is 7.30. The first kappa shape index (κ1) is 23.5. The third-order valence-corrected chi connectivity index (χ3v) is 11.6. The Morgan fingerprint density at radius 3 is 2.48 bits per heavy atom. The third-order valence-electron chi connectivity index (χ3n) is 2.67. The molecule has 1 heterocycles. The molecular weight excluding hydrogens is 457 g/mol. The Morgan fingerprint density at radius 1 is 1.00 bits per heavy atom. The van der Waals surface area contributed by atoms with Crippen molar-refractivity contribution in [1.82, 2.24) is 0 Å². The largest absolute Gasteiger partial charge is 0.179 e. The first-order chi connectivity index (χ1) is 11.2. The maximum absolute atomic E-state index is 4.67. The lowest BCUT2D eigenvalue weighted by atomic mass is 10.5. The van der Waals surface area contributed by atoms with Crippen LogP contribution in [-0.4, -0.2) is 51.3 Å². The molecule has 0 radical (unpaired) electrons. The lowest BCUT2D eigenvalue weighted by Crippen LogP contribution is -2.10. The highest BCUT2D eigenvalue weighted by atomic mass is 32.2. The molecule has 9 heteroatoms. The fourth-order valence-corrected chi connectivity index (χ4v) is 8.83. The molecule has 0 bridgehead atoms. The molecule has 134 valence electrons. The quantitative estimate of drug-likeness (QED) is 0.141. The third kappa shape index (κ3) is 10.4. The zero-order chi connectivity index (χ0) is 16.9. The van der Waals surface area contributed by atoms with Crippen LogP contribution in [0.4, 0.5) is 0 Å². The van der Waals surface area contributed by atoms with E-state index >= 15 is 0 Å². The van der Waals surface area contributed by atoms with E-state index in [-0.39, 0.29) is 0 Å². The molecule has 1 aromatic heterocycles. The number of rotatable bonds is 14. The minimum atomic E-state index is 0.662. The van der Waals surface area contributed by atoms with Gasteiger partial charge in [-0.05, 0) is 29.4 Å². The fourth-order valence-electron chi connectivity index (χ4n) is 1.59. The minimum absolute atomic E-state index is 0.662. The highest BCUT2D eigenvalue weighted by Crippen LogP contribution is 2.40. The molecule has 0 N–H and O–H groups in total. The molecule has 0 aliphatic heterocycles. The second-order valence-electron chi connectivity index (χ2n) is 4.48. The molecule has 1 atom stereocenters. The highest BCUT2D eigenvalue weighted by Gasteiger charge is 2.10. The van der Waals surface area contributed by atoms with Crippen molar-refractivity contribution in [3.63, 3.8) is 0 Å². The number of thiophene rings is 1. The van der Waals surface area contributed by atoms with E-state index in [2.05, 4.69) is 67.7 Å². The summed E-state index contributed by atoms with van der Waals surface area (Å²) in [6, 6.07) is 0. The summed E-state index contributed by atoms with van der Waals surface area (Å²) in [7, 11) is 0. The van der Waals surface area contributed by atoms with Gasteiger partial charge in [-0.2, -0.15) is 61.4 Å². The number of thioether (sulfide) groups is 4. The van der Waals surface area contributed by atoms with E-state index in [0.29, 0.717) is 5.25 Å². The van der Waals surface area contributed by atoms with Crippen molar-refractivity contribution < 1.29 is 0 Å². The molecule has 0 aliphatic carbocycles. The summed E-state index contributed by atoms with van der Waals surface area (Å²) in [5, 5.41) is 2.90. The molecule has 0 saturated carbocycles. The fraction of sp³-hybridized carbons (Fsp3) is 0.714. The number of thiol groups is 4. The summed E-state index contributed by atoms with van der Waals surface area (Å²) in [6.45, 7) is 0. The molecule has 0 amide bonds. The topological polar surface area (TPSA) is 0 Å². The van der Waals surface area contributed by atoms with Crippen molar-refractivity contribution in [3.8, 4) is 0 Å². The molecular formula is C14H24S9. The van der Waals surface area contributed by atoms with Crippen LogP contribution in [0.3, 0.4) is 0 Å². The maximum Gasteiger partial charge on any atom is 0.0744 e. The van der Waals surface area contributed by atoms with Crippen molar-refractivity contribution in [2.24, 2.45) is 0 Å². The van der Waals surface area contributed by atoms with Gasteiger partial charge in [-0.25, -0.2) is 0 Å². The summed E-state index contributed by atoms with van der Waals surface area (Å²) >= 11 is 27.3. The Kier molecular flexibility index (Phi) is 15.9. The van der Waals surface area contributed by atoms with Gasteiger partial charge in [0, 0.05) is 43.4 Å². The zero-order valence-corrected chi connectivity index (χ0v) is 20.5. The van der Waals surface area contributed by atoms with Crippen LogP contribution < -0.4 is 0 Å². The predicted octanol–water partition coefficient (Wildman–Crippen LogP) is 6.24. The average molecular weight is 481 g/mol. The van der Waals surface area contributed by atoms with Crippen LogP contribution in [0.5, 0.6) is 0 Å². The summed E-state index contributed by atoms with van der Waals surface area (Å²) in [5.41, 5.74) is 0. The van der Waals surface area contributed by atoms with Gasteiger partial charge in [-0.3, -0.25) is 0 Å². The van der Waals surface area contributed by atoms with Crippen LogP contribution >= 0.6 is 109 Å². The van der Waals surface area contributed by atoms with Gasteiger partial charge in [0.15, 0.2) is 0 Å². The van der Waals surface area contributed by atoms with Crippen LogP contribution in [0, 0.1) is 0 Å². The molecule has 0 aromatic carbocycles. The van der Waals surface area contributed by atoms with Crippen molar-refractivity contribution in [2.75, 3.05) is 46.0 Å². The predicted molar refractivity (Wildman–Crippen MR) is 133 cm³/mol. The van der Waals surface area contributed by atoms with Gasteiger partial charge in [0.1, 0.15) is 0 Å². The SMILES string of the molecule is SCCSc1scc(SCCCSCC(CS)SCCS)c1S. The molecule has 1 aromatic rings. The van der Waals surface area contributed by atoms with Gasteiger partial charge < -0.3 is 0 Å². The van der Waals surface area contributed by atoms with Crippen molar-refractivity contribution in [3.05, 3.63) is 5.38 Å². The van der Waals surface area contributed by atoms with Gasteiger partial charge in [-0.1, -0.05) is 0 Å². The lowest BCUT2D eigenvalue weighted by molar-refractivity contribution is 1.10. The minimum Gasteiger partial charge on any atom is -0.179 e. The Hall–Kier alpha value is 2.50. The Morgan fingerprint density at radius 2 is 1.78 bits per heavy atom. The van der Waals surface area contributed by atoms with Crippen LogP contribution in [0.2, 0.25) is 0 Å². The molecule has 1 unspecified atom stereocenters. The lowest BCUT2D eigenvalue weighted by Gasteiger charge is -2.12. The summed E-state index contributed by atoms with van der Waals surface area (Å²) in [6.07, 6.45) is 1.24. The van der Waals surface area contributed by atoms with Crippen molar-refractivity contribution in [1.29, 1.82) is 0 Å². The molecule has 1 rings (SSSR count). The zero-order valence-electron chi connectivity index (χ0n) is 12.8. The van der Waals surface area contributed by atoms with Crippen LogP contribution in [0.25, 0.3) is 0 Å². The van der Waals surface area contributed by atoms with Gasteiger partial charge in [0.2, 0.25) is 0 Å². The monoisotopic (exact) mass is 480 g/mol. The van der Waals surface area contributed by atoms with Crippen molar-refractivity contribution >= 4 is 109 Å². The van der Waals surface area contributed by atoms with E-state index < -0.39 is 0 Å². The summed E-state index contributed by atoms with van der Waals surface area (Å²) in [5.74, 6) is 8.61. The summed E-state index contributed by atoms with van der Waals surface area (Å²) < 4.78 is 1.33. The van der Waals surface area contributed by atoms with Gasteiger partial charge >= 0.3 is 0 Å². The van der Waals surface area contributed by atoms with E-state index in [1.54, 1.807) is 0 Å². The smallest absolute Gasteiger partial charge is 0.0744 e. The van der Waals surface area contributed by atoms with Crippen LogP contribution in [0.1, 0.15) is 6.42 Å². The van der Waals surface area contributed by atoms with Gasteiger partial charge in [-0.15, -0.1) is 47.5 Å². The van der Waals surface area contributed by atoms with E-state index in [1.165, 1.54) is 32.8 Å². The van der Waals surface area contributed by atoms with E-state index in [0.717, 1.165) is 33.7 Å². The van der Waals surface area contributed by atoms with Crippen molar-refractivity contribution in [2.45, 2.75) is 25.7 Å². The first-order valence-corrected chi connectivity index (χ1v) is 14.7. The molecule has 0 aliphatic rings. The summed E-state index contributed by atoms with van der Waals surface area (Å²) in [4.78, 5) is 2.50. The van der Waals surface area contributed by atoms with E-state index in [1.807, 2.05) is 46.6 Å². The Balaban J connectivity index is 2.14. The number of hydrogen-bond donors (Lipinski definition) is 4. The van der Waals surface area contributed by atoms with E-state index in [9.17, 15) is 0 Å². The normalized spacial score (nSPS) is 12.7. The maximum atomic E-state index is 4.67. The average Bonchev–Trinajstić information content (AvgIpc) is 2.91. The van der Waals surface area contributed by atoms with Crippen LogP contribution in [-0.2, 0) is 0 Å². The molecule has 0 fully saturated rings. The number of hydrogen-bond acceptors (Lipinski definition) is 9. The Bertz CT molecular complexity index is 407. The van der Waals surface area contributed by atoms with Crippen LogP contribution in [0.15, 0.2) is 19.4 Å². The molecule has 0 nitrogen and oxygen atoms in total. The molecule has 0 spiro atoms. The van der Waals surface area contributed by atoms with Gasteiger partial charge in [0.05, 0.1) is 4.21 Å². The van der Waals surface area contributed by atoms with E-state index in [4.69, 9.17) is 0 Å². The highest BCUT2D eigenvalue weighted by molar-refractivity contribution is 8.04. The Labute approximate surface area is 184 Å². The second kappa shape index (κ2) is 15.5. The molecule has 0 saturated heterocycles. The van der Waals surface area contributed by atoms with Gasteiger partial charge in [0.25, 0.3) is 0 Å². The molecule has 23 heavy (non-hydrogen) atoms. The standard InChI is InChI=1S/C14H24S9/c15-2-6-20-11(8-17)9-19-4-1-5-21-12-10-23-14(13(12)18)22-7-3-16/h10-11,15-18H,1-9H2. The second-order valence-corrected chi connectivity index (χ2v) is 12.1.